The van der Waals surface area contributed by atoms with Gasteiger partial charge >= 0.3 is 0 Å². The van der Waals surface area contributed by atoms with Gasteiger partial charge in [-0.2, -0.15) is 0 Å². The van der Waals surface area contributed by atoms with Crippen molar-refractivity contribution in [2.24, 2.45) is 0 Å². The van der Waals surface area contributed by atoms with Crippen LogP contribution in [0.1, 0.15) is 20.8 Å². The van der Waals surface area contributed by atoms with Gasteiger partial charge in [0, 0.05) is 24.2 Å². The number of hydrogen-bond donors (Lipinski definition) is 1. The van der Waals surface area contributed by atoms with Gasteiger partial charge in [0.2, 0.25) is 6.03 Å². The summed E-state index contributed by atoms with van der Waals surface area (Å²) in [6, 6.07) is 5.88. The highest BCUT2D eigenvalue weighted by atomic mass is 31.2. The smallest absolute Gasteiger partial charge is 0.286 e. The second-order valence-electron chi connectivity index (χ2n) is 3.82. The fraction of sp³-hybridized carbons (Fsp3) is 0.538. The van der Waals surface area contributed by atoms with Gasteiger partial charge in [-0.1, -0.05) is 0 Å². The van der Waals surface area contributed by atoms with Crippen LogP contribution >= 0.6 is 7.37 Å². The minimum Gasteiger partial charge on any atom is -0.399 e. The van der Waals surface area contributed by atoms with E-state index in [1.54, 1.807) is 31.2 Å². The molecule has 0 heterocycles. The molecule has 1 rings (SSSR count). The molecule has 0 bridgehead atoms. The Morgan fingerprint density at radius 1 is 1.05 bits per heavy atom. The van der Waals surface area contributed by atoms with Crippen LogP contribution in [-0.4, -0.2) is 25.9 Å². The highest BCUT2D eigenvalue weighted by Crippen LogP contribution is 2.51. The molecule has 19 heavy (non-hydrogen) atoms. The first-order chi connectivity index (χ1) is 9.08. The summed E-state index contributed by atoms with van der Waals surface area (Å²) in [7, 11) is -3.23. The molecule has 0 aliphatic rings. The molecule has 6 heteroatoms. The van der Waals surface area contributed by atoms with Gasteiger partial charge < -0.3 is 19.7 Å². The van der Waals surface area contributed by atoms with E-state index in [0.29, 0.717) is 30.8 Å². The van der Waals surface area contributed by atoms with Gasteiger partial charge in [-0.15, -0.1) is 0 Å². The van der Waals surface area contributed by atoms with E-state index < -0.39 is 13.4 Å². The molecule has 0 aliphatic heterocycles. The van der Waals surface area contributed by atoms with Crippen molar-refractivity contribution in [1.29, 1.82) is 0 Å². The van der Waals surface area contributed by atoms with E-state index >= 15 is 0 Å². The van der Waals surface area contributed by atoms with Gasteiger partial charge in [0.05, 0.1) is 6.61 Å². The lowest BCUT2D eigenvalue weighted by Crippen LogP contribution is -2.25. The molecular formula is C13H22NO4P. The maximum absolute atomic E-state index is 13.1. The van der Waals surface area contributed by atoms with Gasteiger partial charge in [0.25, 0.3) is 7.37 Å². The van der Waals surface area contributed by atoms with Crippen LogP contribution in [0.5, 0.6) is 0 Å². The quantitative estimate of drug-likeness (QED) is 0.452. The molecule has 1 unspecified atom stereocenters. The van der Waals surface area contributed by atoms with Crippen LogP contribution < -0.4 is 11.0 Å². The number of ether oxygens (including phenoxy) is 2. The highest BCUT2D eigenvalue weighted by molar-refractivity contribution is 7.67. The van der Waals surface area contributed by atoms with Crippen molar-refractivity contribution in [1.82, 2.24) is 0 Å². The van der Waals surface area contributed by atoms with Crippen LogP contribution in [0.15, 0.2) is 24.3 Å². The second-order valence-corrected chi connectivity index (χ2v) is 6.21. The van der Waals surface area contributed by atoms with Crippen molar-refractivity contribution in [2.75, 3.05) is 25.6 Å². The fourth-order valence-electron chi connectivity index (χ4n) is 1.66. The third-order valence-corrected chi connectivity index (χ3v) is 4.98. The van der Waals surface area contributed by atoms with Gasteiger partial charge in [-0.05, 0) is 45.0 Å². The third kappa shape index (κ3) is 4.05. The molecule has 1 aromatic carbocycles. The molecule has 2 N–H and O–H groups in total. The van der Waals surface area contributed by atoms with Crippen molar-refractivity contribution in [3.05, 3.63) is 24.3 Å². The monoisotopic (exact) mass is 287 g/mol. The topological polar surface area (TPSA) is 70.8 Å². The number of rotatable bonds is 8. The van der Waals surface area contributed by atoms with Crippen molar-refractivity contribution >= 4 is 18.4 Å². The van der Waals surface area contributed by atoms with E-state index in [-0.39, 0.29) is 0 Å². The number of anilines is 1. The van der Waals surface area contributed by atoms with E-state index in [1.165, 1.54) is 0 Å². The molecule has 5 nitrogen and oxygen atoms in total. The lowest BCUT2D eigenvalue weighted by Gasteiger charge is -2.26. The minimum absolute atomic E-state index is 0.318. The lowest BCUT2D eigenvalue weighted by molar-refractivity contribution is -0.0875. The number of nitrogens with two attached hydrogens (primary N) is 1. The SMILES string of the molecule is CCOC(OCC)P(=O)(OCC)c1ccc(N)cc1. The molecule has 1 aromatic rings. The van der Waals surface area contributed by atoms with Gasteiger partial charge in [-0.3, -0.25) is 4.57 Å². The lowest BCUT2D eigenvalue weighted by atomic mass is 10.3. The van der Waals surface area contributed by atoms with Crippen LogP contribution in [0.2, 0.25) is 0 Å². The van der Waals surface area contributed by atoms with Crippen molar-refractivity contribution in [3.63, 3.8) is 0 Å². The molecule has 0 amide bonds. The van der Waals surface area contributed by atoms with Crippen molar-refractivity contribution in [3.8, 4) is 0 Å². The summed E-state index contributed by atoms with van der Waals surface area (Å²) < 4.78 is 29.5. The number of hydrogen-bond acceptors (Lipinski definition) is 5. The minimum atomic E-state index is -3.23. The first-order valence-corrected chi connectivity index (χ1v) is 8.11. The summed E-state index contributed by atoms with van der Waals surface area (Å²) in [5, 5.41) is 0.551. The normalized spacial score (nSPS) is 14.5. The van der Waals surface area contributed by atoms with E-state index in [9.17, 15) is 4.57 Å². The largest absolute Gasteiger partial charge is 0.399 e. The molecule has 0 aromatic heterocycles. The maximum Gasteiger partial charge on any atom is 0.286 e. The molecule has 0 saturated heterocycles. The Bertz CT molecular complexity index is 415. The van der Waals surface area contributed by atoms with E-state index in [2.05, 4.69) is 0 Å². The van der Waals surface area contributed by atoms with Gasteiger partial charge in [0.15, 0.2) is 0 Å². The Labute approximate surface area is 114 Å². The predicted molar refractivity (Wildman–Crippen MR) is 76.8 cm³/mol. The summed E-state index contributed by atoms with van der Waals surface area (Å²) in [6.45, 7) is 6.56. The average Bonchev–Trinajstić information content (AvgIpc) is 2.39. The Morgan fingerprint density at radius 2 is 1.58 bits per heavy atom. The number of nitrogen functional groups attached to an aromatic ring is 1. The summed E-state index contributed by atoms with van der Waals surface area (Å²) in [4.78, 5) is 0. The zero-order valence-electron chi connectivity index (χ0n) is 11.7. The van der Waals surface area contributed by atoms with Gasteiger partial charge in [0.1, 0.15) is 0 Å². The molecule has 0 fully saturated rings. The second kappa shape index (κ2) is 7.65. The molecular weight excluding hydrogens is 265 g/mol. The summed E-state index contributed by atoms with van der Waals surface area (Å²) in [6.07, 6.45) is 0. The molecule has 108 valence electrons. The average molecular weight is 287 g/mol. The predicted octanol–water partition coefficient (Wildman–Crippen LogP) is 2.57. The Balaban J connectivity index is 3.12. The van der Waals surface area contributed by atoms with Crippen LogP contribution in [0.3, 0.4) is 0 Å². The maximum atomic E-state index is 13.1. The highest BCUT2D eigenvalue weighted by Gasteiger charge is 2.37. The zero-order valence-corrected chi connectivity index (χ0v) is 12.6. The third-order valence-electron chi connectivity index (χ3n) is 2.47. The summed E-state index contributed by atoms with van der Waals surface area (Å²) in [5.41, 5.74) is 6.25. The molecule has 0 spiro atoms. The van der Waals surface area contributed by atoms with Crippen molar-refractivity contribution in [2.45, 2.75) is 26.8 Å². The molecule has 0 saturated carbocycles. The van der Waals surface area contributed by atoms with E-state index in [1.807, 2.05) is 13.8 Å². The Kier molecular flexibility index (Phi) is 6.52. The Morgan fingerprint density at radius 3 is 2.00 bits per heavy atom. The van der Waals surface area contributed by atoms with Crippen LogP contribution in [0.4, 0.5) is 5.69 Å². The summed E-state index contributed by atoms with van der Waals surface area (Å²) >= 11 is 0. The Hall–Kier alpha value is -0.870. The molecule has 1 atom stereocenters. The van der Waals surface area contributed by atoms with Gasteiger partial charge in [-0.25, -0.2) is 0 Å². The standard InChI is InChI=1S/C13H22NO4P/c1-4-16-13(17-5-2)19(15,18-6-3)12-9-7-11(14)8-10-12/h7-10,13H,4-6,14H2,1-3H3. The molecule has 0 aliphatic carbocycles. The molecule has 0 radical (unpaired) electrons. The fourth-order valence-corrected chi connectivity index (χ4v) is 3.81. The van der Waals surface area contributed by atoms with Crippen LogP contribution in [0, 0.1) is 0 Å². The first kappa shape index (κ1) is 16.2. The van der Waals surface area contributed by atoms with Crippen LogP contribution in [0.25, 0.3) is 0 Å². The van der Waals surface area contributed by atoms with E-state index in [4.69, 9.17) is 19.7 Å². The summed E-state index contributed by atoms with van der Waals surface area (Å²) in [5.74, 6) is 0. The number of benzene rings is 1. The van der Waals surface area contributed by atoms with Crippen LogP contribution in [-0.2, 0) is 18.6 Å². The van der Waals surface area contributed by atoms with E-state index in [0.717, 1.165) is 0 Å². The first-order valence-electron chi connectivity index (χ1n) is 6.42. The zero-order chi connectivity index (χ0) is 14.3. The van der Waals surface area contributed by atoms with Crippen molar-refractivity contribution < 1.29 is 18.6 Å².